The second-order valence-corrected chi connectivity index (χ2v) is 5.01. The molecule has 14 heavy (non-hydrogen) atoms. The first-order valence-electron chi connectivity index (χ1n) is 6.11. The summed E-state index contributed by atoms with van der Waals surface area (Å²) in [6.07, 6.45) is 3.90. The van der Waals surface area contributed by atoms with E-state index in [0.717, 1.165) is 11.8 Å². The molecule has 2 N–H and O–H groups in total. The van der Waals surface area contributed by atoms with Gasteiger partial charge in [0.1, 0.15) is 0 Å². The zero-order valence-corrected chi connectivity index (χ0v) is 10.00. The molecular formula is C12H26N2. The Kier molecular flexibility index (Phi) is 4.90. The van der Waals surface area contributed by atoms with Crippen LogP contribution in [0.25, 0.3) is 0 Å². The van der Waals surface area contributed by atoms with Gasteiger partial charge in [-0.15, -0.1) is 0 Å². The van der Waals surface area contributed by atoms with Crippen LogP contribution in [0.3, 0.4) is 0 Å². The summed E-state index contributed by atoms with van der Waals surface area (Å²) in [6, 6.07) is 0.390. The molecular weight excluding hydrogens is 172 g/mol. The lowest BCUT2D eigenvalue weighted by atomic mass is 9.90. The van der Waals surface area contributed by atoms with Gasteiger partial charge in [0.2, 0.25) is 0 Å². The fraction of sp³-hybridized carbons (Fsp3) is 1.00. The third-order valence-electron chi connectivity index (χ3n) is 3.64. The molecule has 2 nitrogen and oxygen atoms in total. The van der Waals surface area contributed by atoms with Gasteiger partial charge in [0.25, 0.3) is 0 Å². The molecule has 1 aliphatic heterocycles. The molecule has 1 aliphatic rings. The van der Waals surface area contributed by atoms with Gasteiger partial charge in [-0.2, -0.15) is 0 Å². The molecule has 84 valence electrons. The highest BCUT2D eigenvalue weighted by molar-refractivity contribution is 4.77. The molecule has 0 radical (unpaired) electrons. The lowest BCUT2D eigenvalue weighted by Crippen LogP contribution is -2.41. The number of hydrogen-bond donors (Lipinski definition) is 1. The van der Waals surface area contributed by atoms with Crippen LogP contribution in [0, 0.1) is 11.8 Å². The van der Waals surface area contributed by atoms with Crippen LogP contribution in [0.1, 0.15) is 40.0 Å². The Hall–Kier alpha value is -0.0800. The van der Waals surface area contributed by atoms with E-state index in [1.54, 1.807) is 0 Å². The lowest BCUT2D eigenvalue weighted by molar-refractivity contribution is 0.153. The van der Waals surface area contributed by atoms with Crippen molar-refractivity contribution in [1.82, 2.24) is 4.90 Å². The molecule has 0 aromatic heterocycles. The van der Waals surface area contributed by atoms with Crippen molar-refractivity contribution in [3.8, 4) is 0 Å². The van der Waals surface area contributed by atoms with Crippen molar-refractivity contribution < 1.29 is 0 Å². The summed E-state index contributed by atoms with van der Waals surface area (Å²) in [5.74, 6) is 1.62. The number of piperidine rings is 1. The van der Waals surface area contributed by atoms with E-state index >= 15 is 0 Å². The molecule has 0 bridgehead atoms. The number of hydrogen-bond acceptors (Lipinski definition) is 2. The van der Waals surface area contributed by atoms with Crippen LogP contribution in [0.2, 0.25) is 0 Å². The molecule has 0 aliphatic carbocycles. The largest absolute Gasteiger partial charge is 0.328 e. The van der Waals surface area contributed by atoms with Crippen LogP contribution in [-0.2, 0) is 0 Å². The number of rotatable bonds is 4. The maximum atomic E-state index is 5.92. The number of nitrogens with zero attached hydrogens (tertiary/aromatic N) is 1. The molecule has 1 rings (SSSR count). The van der Waals surface area contributed by atoms with Gasteiger partial charge in [-0.1, -0.05) is 20.3 Å². The topological polar surface area (TPSA) is 29.3 Å². The van der Waals surface area contributed by atoms with Crippen molar-refractivity contribution in [1.29, 1.82) is 0 Å². The van der Waals surface area contributed by atoms with Gasteiger partial charge in [0.05, 0.1) is 0 Å². The zero-order valence-electron chi connectivity index (χ0n) is 10.00. The lowest BCUT2D eigenvalue weighted by Gasteiger charge is -2.34. The van der Waals surface area contributed by atoms with Crippen LogP contribution in [0.5, 0.6) is 0 Å². The smallest absolute Gasteiger partial charge is 0.00397 e. The highest BCUT2D eigenvalue weighted by atomic mass is 15.1. The summed E-state index contributed by atoms with van der Waals surface area (Å²) in [5, 5.41) is 0. The summed E-state index contributed by atoms with van der Waals surface area (Å²) in [6.45, 7) is 10.6. The Balaban J connectivity index is 2.22. The minimum absolute atomic E-state index is 0.390. The molecule has 2 atom stereocenters. The molecule has 0 saturated carbocycles. The SMILES string of the molecule is CCC(C)CN1CCC(C(C)N)CC1. The van der Waals surface area contributed by atoms with Crippen molar-refractivity contribution >= 4 is 0 Å². The highest BCUT2D eigenvalue weighted by Crippen LogP contribution is 2.20. The van der Waals surface area contributed by atoms with E-state index in [-0.39, 0.29) is 0 Å². The van der Waals surface area contributed by atoms with Gasteiger partial charge in [-0.3, -0.25) is 0 Å². The first kappa shape index (κ1) is 12.0. The van der Waals surface area contributed by atoms with E-state index in [9.17, 15) is 0 Å². The highest BCUT2D eigenvalue weighted by Gasteiger charge is 2.22. The third-order valence-corrected chi connectivity index (χ3v) is 3.64. The van der Waals surface area contributed by atoms with Crippen molar-refractivity contribution in [3.63, 3.8) is 0 Å². The van der Waals surface area contributed by atoms with Gasteiger partial charge in [-0.25, -0.2) is 0 Å². The van der Waals surface area contributed by atoms with E-state index in [1.165, 1.54) is 38.9 Å². The second-order valence-electron chi connectivity index (χ2n) is 5.01. The first-order chi connectivity index (χ1) is 6.63. The molecule has 2 unspecified atom stereocenters. The summed E-state index contributed by atoms with van der Waals surface area (Å²) in [5.41, 5.74) is 5.92. The van der Waals surface area contributed by atoms with Crippen LogP contribution < -0.4 is 5.73 Å². The van der Waals surface area contributed by atoms with E-state index in [1.807, 2.05) is 0 Å². The molecule has 0 aromatic carbocycles. The Morgan fingerprint density at radius 3 is 2.29 bits per heavy atom. The van der Waals surface area contributed by atoms with Gasteiger partial charge in [-0.05, 0) is 44.7 Å². The monoisotopic (exact) mass is 198 g/mol. The second kappa shape index (κ2) is 5.72. The van der Waals surface area contributed by atoms with Crippen LogP contribution in [0.4, 0.5) is 0 Å². The Bertz CT molecular complexity index is 148. The van der Waals surface area contributed by atoms with E-state index < -0.39 is 0 Å². The molecule has 0 spiro atoms. The number of likely N-dealkylation sites (tertiary alicyclic amines) is 1. The molecule has 2 heteroatoms. The first-order valence-corrected chi connectivity index (χ1v) is 6.11. The normalized spacial score (nSPS) is 24.9. The van der Waals surface area contributed by atoms with Crippen molar-refractivity contribution in [2.45, 2.75) is 46.1 Å². The third kappa shape index (κ3) is 3.58. The van der Waals surface area contributed by atoms with Gasteiger partial charge in [0, 0.05) is 12.6 Å². The van der Waals surface area contributed by atoms with Crippen LogP contribution in [0.15, 0.2) is 0 Å². The van der Waals surface area contributed by atoms with E-state index in [0.29, 0.717) is 6.04 Å². The van der Waals surface area contributed by atoms with E-state index in [4.69, 9.17) is 5.73 Å². The molecule has 1 fully saturated rings. The maximum Gasteiger partial charge on any atom is 0.00397 e. The average Bonchev–Trinajstić information content (AvgIpc) is 2.18. The fourth-order valence-electron chi connectivity index (χ4n) is 2.23. The Labute approximate surface area is 88.8 Å². The van der Waals surface area contributed by atoms with Crippen molar-refractivity contribution in [2.24, 2.45) is 17.6 Å². The van der Waals surface area contributed by atoms with Crippen molar-refractivity contribution in [3.05, 3.63) is 0 Å². The molecule has 0 aromatic rings. The van der Waals surface area contributed by atoms with Crippen LogP contribution >= 0.6 is 0 Å². The predicted molar refractivity (Wildman–Crippen MR) is 62.3 cm³/mol. The molecule has 1 saturated heterocycles. The zero-order chi connectivity index (χ0) is 10.6. The van der Waals surface area contributed by atoms with Crippen molar-refractivity contribution in [2.75, 3.05) is 19.6 Å². The Morgan fingerprint density at radius 1 is 1.29 bits per heavy atom. The number of nitrogens with two attached hydrogens (primary N) is 1. The summed E-state index contributed by atoms with van der Waals surface area (Å²) in [4.78, 5) is 2.60. The quantitative estimate of drug-likeness (QED) is 0.749. The van der Waals surface area contributed by atoms with Crippen LogP contribution in [-0.4, -0.2) is 30.6 Å². The minimum atomic E-state index is 0.390. The predicted octanol–water partition coefficient (Wildman–Crippen LogP) is 2.09. The summed E-state index contributed by atoms with van der Waals surface area (Å²) in [7, 11) is 0. The fourth-order valence-corrected chi connectivity index (χ4v) is 2.23. The molecule has 0 amide bonds. The molecule has 1 heterocycles. The summed E-state index contributed by atoms with van der Waals surface area (Å²) < 4.78 is 0. The van der Waals surface area contributed by atoms with Gasteiger partial charge >= 0.3 is 0 Å². The Morgan fingerprint density at radius 2 is 1.86 bits per heavy atom. The minimum Gasteiger partial charge on any atom is -0.328 e. The van der Waals surface area contributed by atoms with Gasteiger partial charge < -0.3 is 10.6 Å². The van der Waals surface area contributed by atoms with E-state index in [2.05, 4.69) is 25.7 Å². The average molecular weight is 198 g/mol. The standard InChI is InChI=1S/C12H26N2/c1-4-10(2)9-14-7-5-12(6-8-14)11(3)13/h10-12H,4-9,13H2,1-3H3. The maximum absolute atomic E-state index is 5.92. The van der Waals surface area contributed by atoms with Gasteiger partial charge in [0.15, 0.2) is 0 Å². The summed E-state index contributed by atoms with van der Waals surface area (Å²) >= 11 is 0.